The van der Waals surface area contributed by atoms with E-state index in [1.165, 1.54) is 0 Å². The molecular formula is C10H17N3. The van der Waals surface area contributed by atoms with Gasteiger partial charge in [0.05, 0.1) is 0 Å². The maximum absolute atomic E-state index is 5.45. The SMILES string of the molecule is CC(C)Cc1nccc(CCN)n1. The van der Waals surface area contributed by atoms with Crippen molar-refractivity contribution in [3.63, 3.8) is 0 Å². The van der Waals surface area contributed by atoms with Crippen molar-refractivity contribution in [2.45, 2.75) is 26.7 Å². The molecule has 0 radical (unpaired) electrons. The summed E-state index contributed by atoms with van der Waals surface area (Å²) in [5, 5.41) is 0. The molecule has 0 unspecified atom stereocenters. The second-order valence-corrected chi connectivity index (χ2v) is 3.60. The molecule has 0 spiro atoms. The molecule has 72 valence electrons. The molecule has 1 aromatic rings. The minimum Gasteiger partial charge on any atom is -0.330 e. The van der Waals surface area contributed by atoms with Crippen molar-refractivity contribution in [1.82, 2.24) is 9.97 Å². The second-order valence-electron chi connectivity index (χ2n) is 3.60. The molecule has 0 atom stereocenters. The Bertz CT molecular complexity index is 258. The smallest absolute Gasteiger partial charge is 0.128 e. The first-order valence-corrected chi connectivity index (χ1v) is 4.73. The summed E-state index contributed by atoms with van der Waals surface area (Å²) in [5.74, 6) is 1.54. The van der Waals surface area contributed by atoms with Crippen molar-refractivity contribution < 1.29 is 0 Å². The van der Waals surface area contributed by atoms with Gasteiger partial charge in [-0.1, -0.05) is 13.8 Å². The van der Waals surface area contributed by atoms with Crippen LogP contribution in [0.2, 0.25) is 0 Å². The molecule has 0 aliphatic heterocycles. The molecule has 0 aliphatic carbocycles. The van der Waals surface area contributed by atoms with E-state index in [4.69, 9.17) is 5.73 Å². The lowest BCUT2D eigenvalue weighted by Crippen LogP contribution is -2.07. The van der Waals surface area contributed by atoms with Crippen molar-refractivity contribution in [1.29, 1.82) is 0 Å². The number of hydrogen-bond acceptors (Lipinski definition) is 3. The lowest BCUT2D eigenvalue weighted by atomic mass is 10.1. The standard InChI is InChI=1S/C10H17N3/c1-8(2)7-10-12-6-4-9(13-10)3-5-11/h4,6,8H,3,5,7,11H2,1-2H3. The third-order valence-corrected chi connectivity index (χ3v) is 1.75. The van der Waals surface area contributed by atoms with E-state index < -0.39 is 0 Å². The predicted molar refractivity (Wildman–Crippen MR) is 53.3 cm³/mol. The normalized spacial score (nSPS) is 10.8. The van der Waals surface area contributed by atoms with Gasteiger partial charge in [0.15, 0.2) is 0 Å². The summed E-state index contributed by atoms with van der Waals surface area (Å²) in [7, 11) is 0. The van der Waals surface area contributed by atoms with Gasteiger partial charge < -0.3 is 5.73 Å². The van der Waals surface area contributed by atoms with E-state index in [9.17, 15) is 0 Å². The van der Waals surface area contributed by atoms with Crippen LogP contribution in [0.1, 0.15) is 25.4 Å². The van der Waals surface area contributed by atoms with Gasteiger partial charge in [-0.25, -0.2) is 9.97 Å². The van der Waals surface area contributed by atoms with Crippen LogP contribution >= 0.6 is 0 Å². The third kappa shape index (κ3) is 3.51. The Balaban J connectivity index is 2.67. The fourth-order valence-corrected chi connectivity index (χ4v) is 1.19. The van der Waals surface area contributed by atoms with E-state index >= 15 is 0 Å². The highest BCUT2D eigenvalue weighted by molar-refractivity contribution is 5.03. The summed E-state index contributed by atoms with van der Waals surface area (Å²) in [5.41, 5.74) is 6.50. The highest BCUT2D eigenvalue weighted by atomic mass is 14.9. The van der Waals surface area contributed by atoms with Gasteiger partial charge in [-0.15, -0.1) is 0 Å². The summed E-state index contributed by atoms with van der Waals surface area (Å²) in [4.78, 5) is 8.62. The van der Waals surface area contributed by atoms with E-state index in [1.807, 2.05) is 12.3 Å². The topological polar surface area (TPSA) is 51.8 Å². The molecule has 0 bridgehead atoms. The zero-order chi connectivity index (χ0) is 9.68. The van der Waals surface area contributed by atoms with E-state index in [-0.39, 0.29) is 0 Å². The summed E-state index contributed by atoms with van der Waals surface area (Å²) >= 11 is 0. The van der Waals surface area contributed by atoms with Crippen LogP contribution in [0.3, 0.4) is 0 Å². The Kier molecular flexibility index (Phi) is 3.83. The van der Waals surface area contributed by atoms with Crippen LogP contribution in [0.25, 0.3) is 0 Å². The molecule has 3 heteroatoms. The van der Waals surface area contributed by atoms with Crippen molar-refractivity contribution in [3.8, 4) is 0 Å². The van der Waals surface area contributed by atoms with Gasteiger partial charge in [-0.05, 0) is 18.5 Å². The summed E-state index contributed by atoms with van der Waals surface area (Å²) < 4.78 is 0. The van der Waals surface area contributed by atoms with Gasteiger partial charge >= 0.3 is 0 Å². The molecule has 1 heterocycles. The van der Waals surface area contributed by atoms with Crippen LogP contribution in [0, 0.1) is 5.92 Å². The van der Waals surface area contributed by atoms with Crippen LogP contribution in [0.4, 0.5) is 0 Å². The van der Waals surface area contributed by atoms with Crippen molar-refractivity contribution in [2.75, 3.05) is 6.54 Å². The summed E-state index contributed by atoms with van der Waals surface area (Å²) in [6.45, 7) is 4.98. The lowest BCUT2D eigenvalue weighted by Gasteiger charge is -2.04. The van der Waals surface area contributed by atoms with Gasteiger partial charge in [0.1, 0.15) is 5.82 Å². The summed E-state index contributed by atoms with van der Waals surface area (Å²) in [6.07, 6.45) is 3.60. The van der Waals surface area contributed by atoms with E-state index in [0.29, 0.717) is 12.5 Å². The molecular weight excluding hydrogens is 162 g/mol. The van der Waals surface area contributed by atoms with E-state index in [0.717, 1.165) is 24.4 Å². The quantitative estimate of drug-likeness (QED) is 0.755. The van der Waals surface area contributed by atoms with Gasteiger partial charge in [-0.2, -0.15) is 0 Å². The Morgan fingerprint density at radius 1 is 1.46 bits per heavy atom. The zero-order valence-electron chi connectivity index (χ0n) is 8.33. The number of nitrogens with zero attached hydrogens (tertiary/aromatic N) is 2. The van der Waals surface area contributed by atoms with Crippen LogP contribution < -0.4 is 5.73 Å². The molecule has 1 rings (SSSR count). The average molecular weight is 179 g/mol. The zero-order valence-corrected chi connectivity index (χ0v) is 8.33. The van der Waals surface area contributed by atoms with Gasteiger partial charge in [0.2, 0.25) is 0 Å². The van der Waals surface area contributed by atoms with Gasteiger partial charge in [0, 0.05) is 24.7 Å². The van der Waals surface area contributed by atoms with E-state index in [2.05, 4.69) is 23.8 Å². The molecule has 0 fully saturated rings. The second kappa shape index (κ2) is 4.92. The number of aromatic nitrogens is 2. The lowest BCUT2D eigenvalue weighted by molar-refractivity contribution is 0.617. The van der Waals surface area contributed by atoms with Crippen molar-refractivity contribution in [2.24, 2.45) is 11.7 Å². The van der Waals surface area contributed by atoms with Crippen LogP contribution in [0.5, 0.6) is 0 Å². The Labute approximate surface area is 79.4 Å². The van der Waals surface area contributed by atoms with Crippen molar-refractivity contribution in [3.05, 3.63) is 23.8 Å². The molecule has 3 nitrogen and oxygen atoms in total. The number of hydrogen-bond donors (Lipinski definition) is 1. The fraction of sp³-hybridized carbons (Fsp3) is 0.600. The van der Waals surface area contributed by atoms with Crippen molar-refractivity contribution >= 4 is 0 Å². The summed E-state index contributed by atoms with van der Waals surface area (Å²) in [6, 6.07) is 1.93. The molecule has 0 aromatic carbocycles. The molecule has 13 heavy (non-hydrogen) atoms. The van der Waals surface area contributed by atoms with Gasteiger partial charge in [-0.3, -0.25) is 0 Å². The first-order valence-electron chi connectivity index (χ1n) is 4.73. The third-order valence-electron chi connectivity index (χ3n) is 1.75. The van der Waals surface area contributed by atoms with Crippen LogP contribution in [0.15, 0.2) is 12.3 Å². The maximum atomic E-state index is 5.45. The largest absolute Gasteiger partial charge is 0.330 e. The fourth-order valence-electron chi connectivity index (χ4n) is 1.19. The number of nitrogens with two attached hydrogens (primary N) is 1. The Morgan fingerprint density at radius 2 is 2.23 bits per heavy atom. The first-order chi connectivity index (χ1) is 6.22. The molecule has 1 aromatic heterocycles. The molecule has 0 saturated carbocycles. The minimum atomic E-state index is 0.605. The highest BCUT2D eigenvalue weighted by Gasteiger charge is 2.01. The molecule has 0 aliphatic rings. The van der Waals surface area contributed by atoms with E-state index in [1.54, 1.807) is 0 Å². The molecule has 2 N–H and O–H groups in total. The van der Waals surface area contributed by atoms with Crippen LogP contribution in [-0.4, -0.2) is 16.5 Å². The predicted octanol–water partition coefficient (Wildman–Crippen LogP) is 1.18. The number of rotatable bonds is 4. The maximum Gasteiger partial charge on any atom is 0.128 e. The first kappa shape index (κ1) is 10.1. The monoisotopic (exact) mass is 179 g/mol. The van der Waals surface area contributed by atoms with Gasteiger partial charge in [0.25, 0.3) is 0 Å². The highest BCUT2D eigenvalue weighted by Crippen LogP contribution is 2.03. The molecule has 0 amide bonds. The average Bonchev–Trinajstić information content (AvgIpc) is 2.04. The van der Waals surface area contributed by atoms with Crippen LogP contribution in [-0.2, 0) is 12.8 Å². The minimum absolute atomic E-state index is 0.605. The molecule has 0 saturated heterocycles. The Hall–Kier alpha value is -0.960. The Morgan fingerprint density at radius 3 is 2.85 bits per heavy atom.